The molecule has 0 unspecified atom stereocenters. The molecule has 1 aliphatic carbocycles. The van der Waals surface area contributed by atoms with Crippen LogP contribution in [0.15, 0.2) is 6.07 Å². The van der Waals surface area contributed by atoms with E-state index >= 15 is 0 Å². The van der Waals surface area contributed by atoms with Gasteiger partial charge in [-0.2, -0.15) is 5.10 Å². The van der Waals surface area contributed by atoms with Crippen LogP contribution in [0.5, 0.6) is 0 Å². The van der Waals surface area contributed by atoms with Gasteiger partial charge in [-0.05, 0) is 18.9 Å². The Balaban J connectivity index is 1.72. The van der Waals surface area contributed by atoms with Gasteiger partial charge in [-0.1, -0.05) is 12.8 Å². The monoisotopic (exact) mass is 313 g/mol. The molecule has 21 heavy (non-hydrogen) atoms. The van der Waals surface area contributed by atoms with E-state index in [1.807, 2.05) is 10.7 Å². The first-order valence-electron chi connectivity index (χ1n) is 7.59. The summed E-state index contributed by atoms with van der Waals surface area (Å²) < 4.78 is 24.5. The molecule has 2 heterocycles. The van der Waals surface area contributed by atoms with Gasteiger partial charge in [-0.25, -0.2) is 8.42 Å². The van der Waals surface area contributed by atoms with Crippen molar-refractivity contribution < 1.29 is 13.5 Å². The van der Waals surface area contributed by atoms with Crippen LogP contribution < -0.4 is 0 Å². The Morgan fingerprint density at radius 2 is 2.10 bits per heavy atom. The predicted molar refractivity (Wildman–Crippen MR) is 79.6 cm³/mol. The van der Waals surface area contributed by atoms with Crippen LogP contribution in [-0.4, -0.2) is 52.8 Å². The Morgan fingerprint density at radius 3 is 2.76 bits per heavy atom. The van der Waals surface area contributed by atoms with Crippen LogP contribution >= 0.6 is 0 Å². The van der Waals surface area contributed by atoms with Crippen molar-refractivity contribution in [2.24, 2.45) is 0 Å². The summed E-state index contributed by atoms with van der Waals surface area (Å²) in [5.74, 6) is -0.268. The second-order valence-electron chi connectivity index (χ2n) is 6.30. The number of hydrogen-bond donors (Lipinski definition) is 1. The lowest BCUT2D eigenvalue weighted by Crippen LogP contribution is -2.39. The van der Waals surface area contributed by atoms with Crippen molar-refractivity contribution in [3.05, 3.63) is 17.5 Å². The van der Waals surface area contributed by atoms with Crippen molar-refractivity contribution >= 4 is 9.84 Å². The van der Waals surface area contributed by atoms with E-state index < -0.39 is 15.9 Å². The molecule has 3 rings (SSSR count). The van der Waals surface area contributed by atoms with Gasteiger partial charge in [0, 0.05) is 25.4 Å². The minimum atomic E-state index is -3.21. The van der Waals surface area contributed by atoms with E-state index in [0.717, 1.165) is 31.6 Å². The summed E-state index contributed by atoms with van der Waals surface area (Å²) in [5.41, 5.74) is 1.55. The van der Waals surface area contributed by atoms with Crippen LogP contribution in [0, 0.1) is 0 Å². The van der Waals surface area contributed by atoms with E-state index in [9.17, 15) is 13.5 Å². The summed E-state index contributed by atoms with van der Waals surface area (Å²) in [5, 5.41) is 14.4. The fraction of sp³-hybridized carbons (Fsp3) is 0.786. The largest absolute Gasteiger partial charge is 0.386 e. The summed E-state index contributed by atoms with van der Waals surface area (Å²) >= 11 is 0. The molecule has 0 radical (unpaired) electrons. The molecule has 0 aromatic carbocycles. The van der Waals surface area contributed by atoms with Gasteiger partial charge in [0.2, 0.25) is 0 Å². The van der Waals surface area contributed by atoms with E-state index in [2.05, 4.69) is 10.00 Å². The van der Waals surface area contributed by atoms with Gasteiger partial charge in [0.25, 0.3) is 0 Å². The summed E-state index contributed by atoms with van der Waals surface area (Å²) in [6, 6.07) is 2.54. The zero-order chi connectivity index (χ0) is 15.0. The number of nitrogens with zero attached hydrogens (tertiary/aromatic N) is 3. The summed E-state index contributed by atoms with van der Waals surface area (Å²) in [7, 11) is -3.21. The zero-order valence-corrected chi connectivity index (χ0v) is 13.2. The van der Waals surface area contributed by atoms with E-state index in [1.54, 1.807) is 0 Å². The number of sulfone groups is 1. The van der Waals surface area contributed by atoms with E-state index in [-0.39, 0.29) is 5.75 Å². The molecule has 0 bridgehead atoms. The maximum Gasteiger partial charge on any atom is 0.150 e. The number of aliphatic hydroxyl groups is 1. The molecule has 1 aromatic rings. The molecule has 0 saturated heterocycles. The van der Waals surface area contributed by atoms with Crippen molar-refractivity contribution in [1.82, 2.24) is 14.7 Å². The molecular formula is C14H23N3O3S. The van der Waals surface area contributed by atoms with Crippen LogP contribution in [0.3, 0.4) is 0 Å². The first-order valence-corrected chi connectivity index (χ1v) is 9.65. The molecule has 1 N–H and O–H groups in total. The molecule has 118 valence electrons. The highest BCUT2D eigenvalue weighted by Gasteiger charge is 2.28. The first kappa shape index (κ1) is 15.0. The molecule has 0 spiro atoms. The third kappa shape index (κ3) is 3.46. The standard InChI is InChI=1S/C14H23N3O3S/c1-21(19,20)10-14(18)13-8-12-9-16(6-7-17(12)15-13)11-4-2-3-5-11/h8,11,14,18H,2-7,9-10H2,1H3/t14-/m1/s1. The SMILES string of the molecule is CS(=O)(=O)C[C@@H](O)c1cc2n(n1)CCN(C1CCCC1)C2. The first-order chi connectivity index (χ1) is 9.92. The highest BCUT2D eigenvalue weighted by molar-refractivity contribution is 7.90. The van der Waals surface area contributed by atoms with Crippen molar-refractivity contribution in [2.45, 2.75) is 50.9 Å². The van der Waals surface area contributed by atoms with Gasteiger partial charge in [0.1, 0.15) is 15.9 Å². The van der Waals surface area contributed by atoms with Gasteiger partial charge < -0.3 is 5.11 Å². The highest BCUT2D eigenvalue weighted by atomic mass is 32.2. The van der Waals surface area contributed by atoms with Crippen LogP contribution in [0.25, 0.3) is 0 Å². The Bertz CT molecular complexity index is 605. The van der Waals surface area contributed by atoms with Gasteiger partial charge in [0.15, 0.2) is 0 Å². The molecule has 1 aromatic heterocycles. The van der Waals surface area contributed by atoms with Gasteiger partial charge in [0.05, 0.1) is 23.7 Å². The number of aliphatic hydroxyl groups excluding tert-OH is 1. The Kier molecular flexibility index (Phi) is 4.07. The lowest BCUT2D eigenvalue weighted by molar-refractivity contribution is 0.151. The summed E-state index contributed by atoms with van der Waals surface area (Å²) in [6.07, 6.45) is 5.29. The van der Waals surface area contributed by atoms with Crippen LogP contribution in [0.2, 0.25) is 0 Å². The molecule has 0 amide bonds. The van der Waals surface area contributed by atoms with Crippen molar-refractivity contribution in [3.63, 3.8) is 0 Å². The zero-order valence-electron chi connectivity index (χ0n) is 12.4. The number of fused-ring (bicyclic) bond motifs is 1. The molecule has 2 aliphatic rings. The van der Waals surface area contributed by atoms with Crippen molar-refractivity contribution in [1.29, 1.82) is 0 Å². The highest BCUT2D eigenvalue weighted by Crippen LogP contribution is 2.27. The normalized spacial score (nSPS) is 22.4. The second kappa shape index (κ2) is 5.70. The molecule has 1 aliphatic heterocycles. The quantitative estimate of drug-likeness (QED) is 0.886. The predicted octanol–water partition coefficient (Wildman–Crippen LogP) is 0.719. The molecule has 1 atom stereocenters. The van der Waals surface area contributed by atoms with Crippen LogP contribution in [0.1, 0.15) is 43.2 Å². The number of rotatable bonds is 4. The fourth-order valence-electron chi connectivity index (χ4n) is 3.42. The van der Waals surface area contributed by atoms with Crippen LogP contribution in [0.4, 0.5) is 0 Å². The lowest BCUT2D eigenvalue weighted by atomic mass is 10.1. The van der Waals surface area contributed by atoms with Crippen molar-refractivity contribution in [2.75, 3.05) is 18.6 Å². The van der Waals surface area contributed by atoms with E-state index in [4.69, 9.17) is 0 Å². The van der Waals surface area contributed by atoms with Crippen LogP contribution in [-0.2, 0) is 22.9 Å². The van der Waals surface area contributed by atoms with Gasteiger partial charge in [-0.3, -0.25) is 9.58 Å². The Hall–Kier alpha value is -0.920. The number of aromatic nitrogens is 2. The molecule has 1 fully saturated rings. The maximum atomic E-state index is 11.3. The summed E-state index contributed by atoms with van der Waals surface area (Å²) in [6.45, 7) is 2.65. The third-order valence-corrected chi connectivity index (χ3v) is 5.41. The summed E-state index contributed by atoms with van der Waals surface area (Å²) in [4.78, 5) is 2.50. The average molecular weight is 313 g/mol. The third-order valence-electron chi connectivity index (χ3n) is 4.49. The van der Waals surface area contributed by atoms with E-state index in [0.29, 0.717) is 11.7 Å². The van der Waals surface area contributed by atoms with Crippen molar-refractivity contribution in [3.8, 4) is 0 Å². The lowest BCUT2D eigenvalue weighted by Gasteiger charge is -2.32. The Morgan fingerprint density at radius 1 is 1.38 bits per heavy atom. The molecule has 7 heteroatoms. The number of hydrogen-bond acceptors (Lipinski definition) is 5. The minimum Gasteiger partial charge on any atom is -0.386 e. The van der Waals surface area contributed by atoms with E-state index in [1.165, 1.54) is 25.7 Å². The molecule has 6 nitrogen and oxygen atoms in total. The topological polar surface area (TPSA) is 75.4 Å². The molecule has 1 saturated carbocycles. The Labute approximate surface area is 125 Å². The molecular weight excluding hydrogens is 290 g/mol. The average Bonchev–Trinajstić information content (AvgIpc) is 3.05. The minimum absolute atomic E-state index is 0.268. The van der Waals surface area contributed by atoms with Gasteiger partial charge >= 0.3 is 0 Å². The second-order valence-corrected chi connectivity index (χ2v) is 8.49. The smallest absolute Gasteiger partial charge is 0.150 e. The fourth-order valence-corrected chi connectivity index (χ4v) is 4.17. The van der Waals surface area contributed by atoms with Gasteiger partial charge in [-0.15, -0.1) is 0 Å². The maximum absolute atomic E-state index is 11.3.